The molecule has 0 saturated carbocycles. The summed E-state index contributed by atoms with van der Waals surface area (Å²) in [6.07, 6.45) is 1.06. The van der Waals surface area contributed by atoms with Crippen LogP contribution in [0.25, 0.3) is 0 Å². The predicted octanol–water partition coefficient (Wildman–Crippen LogP) is 1.65. The normalized spacial score (nSPS) is 26.6. The van der Waals surface area contributed by atoms with Crippen molar-refractivity contribution in [3.8, 4) is 0 Å². The van der Waals surface area contributed by atoms with Gasteiger partial charge in [0.15, 0.2) is 0 Å². The Morgan fingerprint density at radius 2 is 2.33 bits per heavy atom. The van der Waals surface area contributed by atoms with E-state index in [1.807, 2.05) is 6.92 Å². The van der Waals surface area contributed by atoms with Crippen LogP contribution in [-0.4, -0.2) is 18.7 Å². The number of ether oxygens (including phenoxy) is 1. The molecule has 1 aliphatic carbocycles. The van der Waals surface area contributed by atoms with Crippen molar-refractivity contribution in [2.24, 2.45) is 4.99 Å². The van der Waals surface area contributed by atoms with Gasteiger partial charge >= 0.3 is 0 Å². The van der Waals surface area contributed by atoms with Crippen LogP contribution in [0.2, 0.25) is 0 Å². The number of hydrogen-bond donors (Lipinski definition) is 1. The highest BCUT2D eigenvalue weighted by molar-refractivity contribution is 5.77. The Bertz CT molecular complexity index is 414. The molecule has 15 heavy (non-hydrogen) atoms. The van der Waals surface area contributed by atoms with E-state index >= 15 is 0 Å². The molecule has 2 aliphatic rings. The largest absolute Gasteiger partial charge is 0.466 e. The molecular formula is C12H14N2O. The van der Waals surface area contributed by atoms with Crippen molar-refractivity contribution in [3.05, 3.63) is 35.4 Å². The summed E-state index contributed by atoms with van der Waals surface area (Å²) in [6, 6.07) is 9.90. The van der Waals surface area contributed by atoms with Crippen LogP contribution in [-0.2, 0) is 11.2 Å². The van der Waals surface area contributed by atoms with Crippen LogP contribution in [0.1, 0.15) is 24.1 Å². The molecule has 1 N–H and O–H groups in total. The fourth-order valence-corrected chi connectivity index (χ4v) is 2.40. The zero-order valence-corrected chi connectivity index (χ0v) is 8.73. The molecule has 0 aromatic heterocycles. The van der Waals surface area contributed by atoms with Gasteiger partial charge in [-0.3, -0.25) is 0 Å². The highest BCUT2D eigenvalue weighted by Gasteiger charge is 2.37. The smallest absolute Gasteiger partial charge is 0.285 e. The minimum Gasteiger partial charge on any atom is -0.466 e. The average Bonchev–Trinajstić information content (AvgIpc) is 2.75. The first-order valence-corrected chi connectivity index (χ1v) is 5.43. The summed E-state index contributed by atoms with van der Waals surface area (Å²) in [7, 11) is 0. The van der Waals surface area contributed by atoms with Gasteiger partial charge in [0.2, 0.25) is 0 Å². The van der Waals surface area contributed by atoms with Gasteiger partial charge < -0.3 is 10.1 Å². The van der Waals surface area contributed by atoms with Crippen molar-refractivity contribution < 1.29 is 4.74 Å². The molecule has 1 aromatic carbocycles. The van der Waals surface area contributed by atoms with Gasteiger partial charge in [-0.05, 0) is 24.5 Å². The maximum Gasteiger partial charge on any atom is 0.285 e. The van der Waals surface area contributed by atoms with Crippen molar-refractivity contribution in [2.45, 2.75) is 25.4 Å². The number of aliphatic imine (C=N–C) groups is 1. The molecule has 2 atom stereocenters. The molecule has 3 heteroatoms. The molecule has 78 valence electrons. The number of fused-ring (bicyclic) bond motifs is 3. The maximum atomic E-state index is 5.39. The lowest BCUT2D eigenvalue weighted by Crippen LogP contribution is -2.31. The molecule has 3 nitrogen and oxygen atoms in total. The third-order valence-corrected chi connectivity index (χ3v) is 3.04. The molecule has 3 rings (SSSR count). The summed E-state index contributed by atoms with van der Waals surface area (Å²) in [6.45, 7) is 2.65. The van der Waals surface area contributed by atoms with Crippen molar-refractivity contribution >= 4 is 6.02 Å². The lowest BCUT2D eigenvalue weighted by molar-refractivity contribution is 0.312. The fraction of sp³-hybridized carbons (Fsp3) is 0.417. The zero-order chi connectivity index (χ0) is 10.3. The molecular weight excluding hydrogens is 188 g/mol. The van der Waals surface area contributed by atoms with Gasteiger partial charge in [0.25, 0.3) is 6.02 Å². The van der Waals surface area contributed by atoms with Crippen LogP contribution in [0.5, 0.6) is 0 Å². The first-order valence-electron chi connectivity index (χ1n) is 5.43. The highest BCUT2D eigenvalue weighted by Crippen LogP contribution is 2.36. The lowest BCUT2D eigenvalue weighted by Gasteiger charge is -2.08. The van der Waals surface area contributed by atoms with E-state index in [1.165, 1.54) is 11.1 Å². The molecule has 0 saturated heterocycles. The summed E-state index contributed by atoms with van der Waals surface area (Å²) in [4.78, 5) is 4.56. The second kappa shape index (κ2) is 3.26. The molecule has 1 heterocycles. The van der Waals surface area contributed by atoms with Gasteiger partial charge in [-0.2, -0.15) is 0 Å². The summed E-state index contributed by atoms with van der Waals surface area (Å²) < 4.78 is 5.39. The van der Waals surface area contributed by atoms with Crippen molar-refractivity contribution in [1.82, 2.24) is 5.32 Å². The predicted molar refractivity (Wildman–Crippen MR) is 58.9 cm³/mol. The third kappa shape index (κ3) is 1.30. The quantitative estimate of drug-likeness (QED) is 0.751. The summed E-state index contributed by atoms with van der Waals surface area (Å²) in [5, 5.41) is 3.33. The lowest BCUT2D eigenvalue weighted by atomic mass is 10.1. The van der Waals surface area contributed by atoms with Gasteiger partial charge in [0, 0.05) is 0 Å². The number of hydrogen-bond acceptors (Lipinski definition) is 3. The second-order valence-electron chi connectivity index (χ2n) is 3.97. The molecule has 1 aliphatic heterocycles. The Hall–Kier alpha value is -1.51. The van der Waals surface area contributed by atoms with E-state index in [2.05, 4.69) is 34.6 Å². The number of nitrogens with zero attached hydrogens (tertiary/aromatic N) is 1. The van der Waals surface area contributed by atoms with Crippen LogP contribution in [0.4, 0.5) is 0 Å². The first-order chi connectivity index (χ1) is 7.38. The Morgan fingerprint density at radius 3 is 3.20 bits per heavy atom. The standard InChI is InChI=1S/C12H14N2O/c1-2-15-12-13-10-7-8-5-3-4-6-9(8)11(10)14-12/h3-6,10-11H,2,7H2,1H3,(H,13,14)/t10-,11+/m0/s1. The zero-order valence-electron chi connectivity index (χ0n) is 8.73. The highest BCUT2D eigenvalue weighted by atomic mass is 16.5. The molecule has 0 radical (unpaired) electrons. The average molecular weight is 202 g/mol. The number of amidine groups is 1. The summed E-state index contributed by atoms with van der Waals surface area (Å²) >= 11 is 0. The third-order valence-electron chi connectivity index (χ3n) is 3.04. The molecule has 0 fully saturated rings. The van der Waals surface area contributed by atoms with E-state index in [1.54, 1.807) is 0 Å². The van der Waals surface area contributed by atoms with Crippen LogP contribution in [0.3, 0.4) is 0 Å². The van der Waals surface area contributed by atoms with Gasteiger partial charge in [0.05, 0.1) is 12.6 Å². The van der Waals surface area contributed by atoms with Crippen LogP contribution in [0, 0.1) is 0 Å². The Kier molecular flexibility index (Phi) is 1.91. The van der Waals surface area contributed by atoms with Crippen LogP contribution in [0.15, 0.2) is 29.3 Å². The van der Waals surface area contributed by atoms with Gasteiger partial charge in [-0.25, -0.2) is 4.99 Å². The second-order valence-corrected chi connectivity index (χ2v) is 3.97. The minimum absolute atomic E-state index is 0.266. The van der Waals surface area contributed by atoms with Gasteiger partial charge in [-0.1, -0.05) is 24.3 Å². The van der Waals surface area contributed by atoms with E-state index < -0.39 is 0 Å². The molecule has 0 unspecified atom stereocenters. The Balaban J connectivity index is 1.91. The fourth-order valence-electron chi connectivity index (χ4n) is 2.40. The van der Waals surface area contributed by atoms with E-state index in [0.29, 0.717) is 18.7 Å². The van der Waals surface area contributed by atoms with E-state index in [-0.39, 0.29) is 6.04 Å². The van der Waals surface area contributed by atoms with Crippen molar-refractivity contribution in [3.63, 3.8) is 0 Å². The monoisotopic (exact) mass is 202 g/mol. The Labute approximate surface area is 89.2 Å². The molecule has 0 bridgehead atoms. The number of benzene rings is 1. The van der Waals surface area contributed by atoms with Crippen LogP contribution < -0.4 is 5.32 Å². The van der Waals surface area contributed by atoms with Gasteiger partial charge in [0.1, 0.15) is 6.04 Å². The van der Waals surface area contributed by atoms with Crippen molar-refractivity contribution in [2.75, 3.05) is 6.61 Å². The van der Waals surface area contributed by atoms with Crippen LogP contribution >= 0.6 is 0 Å². The van der Waals surface area contributed by atoms with E-state index in [0.717, 1.165) is 6.42 Å². The Morgan fingerprint density at radius 1 is 1.47 bits per heavy atom. The number of rotatable bonds is 1. The van der Waals surface area contributed by atoms with Gasteiger partial charge in [-0.15, -0.1) is 0 Å². The molecule has 1 aromatic rings. The van der Waals surface area contributed by atoms with Crippen molar-refractivity contribution in [1.29, 1.82) is 0 Å². The summed E-state index contributed by atoms with van der Waals surface area (Å²) in [5.74, 6) is 0. The number of nitrogens with one attached hydrogen (secondary N) is 1. The maximum absolute atomic E-state index is 5.39. The van der Waals surface area contributed by atoms with E-state index in [9.17, 15) is 0 Å². The minimum atomic E-state index is 0.266. The summed E-state index contributed by atoms with van der Waals surface area (Å²) in [5.41, 5.74) is 2.77. The first kappa shape index (κ1) is 8.77. The SMILES string of the molecule is CCOC1=N[C@@H]2c3ccccc3C[C@@H]2N1. The topological polar surface area (TPSA) is 33.6 Å². The molecule has 0 spiro atoms. The van der Waals surface area contributed by atoms with E-state index in [4.69, 9.17) is 4.74 Å². The molecule has 0 amide bonds.